The van der Waals surface area contributed by atoms with Crippen molar-refractivity contribution in [2.24, 2.45) is 0 Å². The molecule has 0 spiro atoms. The summed E-state index contributed by atoms with van der Waals surface area (Å²) in [4.78, 5) is 11.3. The minimum Gasteiger partial charge on any atom is -0.384 e. The van der Waals surface area contributed by atoms with Crippen LogP contribution in [0.5, 0.6) is 0 Å². The summed E-state index contributed by atoms with van der Waals surface area (Å²) in [5.41, 5.74) is 3.09. The summed E-state index contributed by atoms with van der Waals surface area (Å²) in [5.74, 6) is -0.0387. The second-order valence-electron chi connectivity index (χ2n) is 4.22. The Bertz CT molecular complexity index is 610. The molecule has 0 fully saturated rings. The van der Waals surface area contributed by atoms with Crippen LogP contribution in [0.25, 0.3) is 0 Å². The Labute approximate surface area is 113 Å². The van der Waals surface area contributed by atoms with Gasteiger partial charge >= 0.3 is 0 Å². The minimum absolute atomic E-state index is 0.0387. The fourth-order valence-electron chi connectivity index (χ4n) is 2.09. The number of fused-ring (bicyclic) bond motifs is 1. The third-order valence-electron chi connectivity index (χ3n) is 3.00. The van der Waals surface area contributed by atoms with E-state index in [4.69, 9.17) is 11.6 Å². The molecule has 0 aliphatic carbocycles. The molecule has 92 valence electrons. The van der Waals surface area contributed by atoms with Crippen LogP contribution in [0.2, 0.25) is 5.02 Å². The van der Waals surface area contributed by atoms with Gasteiger partial charge in [-0.15, -0.1) is 0 Å². The van der Waals surface area contributed by atoms with E-state index >= 15 is 0 Å². The van der Waals surface area contributed by atoms with Crippen molar-refractivity contribution in [3.8, 4) is 0 Å². The Morgan fingerprint density at radius 1 is 1.44 bits per heavy atom. The Morgan fingerprint density at radius 3 is 3.00 bits per heavy atom. The van der Waals surface area contributed by atoms with Gasteiger partial charge in [0.25, 0.3) is 0 Å². The molecule has 0 saturated carbocycles. The lowest BCUT2D eigenvalue weighted by Crippen LogP contribution is -2.03. The van der Waals surface area contributed by atoms with Crippen molar-refractivity contribution in [2.45, 2.75) is 12.5 Å². The molecule has 5 heteroatoms. The summed E-state index contributed by atoms with van der Waals surface area (Å²) in [6.45, 7) is 0. The van der Waals surface area contributed by atoms with Gasteiger partial charge in [0.15, 0.2) is 0 Å². The average molecular weight is 280 g/mol. The molecular weight excluding hydrogens is 270 g/mol. The number of hydrogen-bond donors (Lipinski definition) is 2. The molecule has 1 aliphatic rings. The normalized spacial score (nSPS) is 15.3. The van der Waals surface area contributed by atoms with Crippen LogP contribution in [-0.4, -0.2) is 11.0 Å². The average Bonchev–Trinajstić information content (AvgIpc) is 2.94. The lowest BCUT2D eigenvalue weighted by Gasteiger charge is -2.13. The molecule has 0 radical (unpaired) electrons. The number of aliphatic hydroxyl groups is 1. The first-order valence-corrected chi connectivity index (χ1v) is 6.79. The van der Waals surface area contributed by atoms with E-state index < -0.39 is 6.10 Å². The number of nitrogens with one attached hydrogen (secondary N) is 1. The van der Waals surface area contributed by atoms with E-state index in [2.05, 4.69) is 5.32 Å². The molecule has 0 bridgehead atoms. The number of carbonyl (C=O) groups excluding carboxylic acids is 1. The van der Waals surface area contributed by atoms with E-state index in [9.17, 15) is 9.90 Å². The highest BCUT2D eigenvalue weighted by atomic mass is 35.5. The van der Waals surface area contributed by atoms with E-state index in [0.29, 0.717) is 17.0 Å². The number of hydrogen-bond acceptors (Lipinski definition) is 3. The van der Waals surface area contributed by atoms with Gasteiger partial charge in [-0.25, -0.2) is 0 Å². The molecule has 2 heterocycles. The van der Waals surface area contributed by atoms with Crippen molar-refractivity contribution in [3.05, 3.63) is 50.7 Å². The monoisotopic (exact) mass is 279 g/mol. The number of amides is 1. The highest BCUT2D eigenvalue weighted by Crippen LogP contribution is 2.35. The van der Waals surface area contributed by atoms with Gasteiger partial charge in [-0.1, -0.05) is 11.6 Å². The van der Waals surface area contributed by atoms with Crippen molar-refractivity contribution in [1.29, 1.82) is 0 Å². The summed E-state index contributed by atoms with van der Waals surface area (Å²) >= 11 is 7.68. The fraction of sp³-hybridized carbons (Fsp3) is 0.154. The van der Waals surface area contributed by atoms with E-state index in [-0.39, 0.29) is 5.91 Å². The third kappa shape index (κ3) is 1.92. The quantitative estimate of drug-likeness (QED) is 0.888. The van der Waals surface area contributed by atoms with Gasteiger partial charge < -0.3 is 10.4 Å². The topological polar surface area (TPSA) is 49.3 Å². The standard InChI is InChI=1S/C13H10ClNO2S/c14-10-5-11-8(4-12(16)15-11)3-9(10)13(17)7-1-2-18-6-7/h1-3,5-6,13,17H,4H2,(H,15,16). The lowest BCUT2D eigenvalue weighted by molar-refractivity contribution is -0.115. The van der Waals surface area contributed by atoms with E-state index in [1.54, 1.807) is 12.1 Å². The Kier molecular flexibility index (Phi) is 2.86. The Balaban J connectivity index is 2.03. The van der Waals surface area contributed by atoms with Crippen molar-refractivity contribution in [1.82, 2.24) is 0 Å². The van der Waals surface area contributed by atoms with Crippen LogP contribution in [0.1, 0.15) is 22.8 Å². The van der Waals surface area contributed by atoms with Gasteiger partial charge in [-0.3, -0.25) is 4.79 Å². The minimum atomic E-state index is -0.746. The summed E-state index contributed by atoms with van der Waals surface area (Å²) in [7, 11) is 0. The van der Waals surface area contributed by atoms with Gasteiger partial charge in [0.2, 0.25) is 5.91 Å². The van der Waals surface area contributed by atoms with Gasteiger partial charge in [-0.05, 0) is 40.1 Å². The highest BCUT2D eigenvalue weighted by Gasteiger charge is 2.22. The van der Waals surface area contributed by atoms with Crippen LogP contribution < -0.4 is 5.32 Å². The predicted molar refractivity (Wildman–Crippen MR) is 72.2 cm³/mol. The van der Waals surface area contributed by atoms with Gasteiger partial charge in [-0.2, -0.15) is 11.3 Å². The SMILES string of the molecule is O=C1Cc2cc(C(O)c3ccsc3)c(Cl)cc2N1. The Morgan fingerprint density at radius 2 is 2.28 bits per heavy atom. The van der Waals surface area contributed by atoms with Crippen molar-refractivity contribution in [3.63, 3.8) is 0 Å². The van der Waals surface area contributed by atoms with Crippen LogP contribution in [0.4, 0.5) is 5.69 Å². The molecule has 1 aliphatic heterocycles. The number of benzene rings is 1. The van der Waals surface area contributed by atoms with Gasteiger partial charge in [0.05, 0.1) is 6.42 Å². The first-order valence-electron chi connectivity index (χ1n) is 5.47. The zero-order chi connectivity index (χ0) is 12.7. The van der Waals surface area contributed by atoms with E-state index in [0.717, 1.165) is 16.8 Å². The number of carbonyl (C=O) groups is 1. The molecule has 1 aromatic heterocycles. The van der Waals surface area contributed by atoms with Gasteiger partial charge in [0, 0.05) is 16.3 Å². The summed E-state index contributed by atoms with van der Waals surface area (Å²) in [5, 5.41) is 17.3. The molecule has 1 atom stereocenters. The third-order valence-corrected chi connectivity index (χ3v) is 4.03. The first kappa shape index (κ1) is 11.7. The number of rotatable bonds is 2. The maximum Gasteiger partial charge on any atom is 0.228 e. The number of halogens is 1. The lowest BCUT2D eigenvalue weighted by atomic mass is 10.0. The van der Waals surface area contributed by atoms with E-state index in [1.807, 2.05) is 16.8 Å². The second-order valence-corrected chi connectivity index (χ2v) is 5.40. The van der Waals surface area contributed by atoms with Gasteiger partial charge in [0.1, 0.15) is 6.10 Å². The smallest absolute Gasteiger partial charge is 0.228 e. The van der Waals surface area contributed by atoms with Crippen LogP contribution in [0.3, 0.4) is 0 Å². The summed E-state index contributed by atoms with van der Waals surface area (Å²) < 4.78 is 0. The summed E-state index contributed by atoms with van der Waals surface area (Å²) in [6.07, 6.45) is -0.402. The fourth-order valence-corrected chi connectivity index (χ4v) is 3.03. The zero-order valence-corrected chi connectivity index (χ0v) is 10.9. The molecule has 1 unspecified atom stereocenters. The molecule has 3 nitrogen and oxygen atoms in total. The van der Waals surface area contributed by atoms with Crippen LogP contribution in [0.15, 0.2) is 29.0 Å². The zero-order valence-electron chi connectivity index (χ0n) is 9.31. The van der Waals surface area contributed by atoms with Crippen LogP contribution in [-0.2, 0) is 11.2 Å². The van der Waals surface area contributed by atoms with Crippen molar-refractivity contribution in [2.75, 3.05) is 5.32 Å². The molecule has 1 aromatic carbocycles. The number of anilines is 1. The molecule has 18 heavy (non-hydrogen) atoms. The number of aliphatic hydroxyl groups excluding tert-OH is 1. The van der Waals surface area contributed by atoms with Crippen LogP contribution in [0, 0.1) is 0 Å². The molecular formula is C13H10ClNO2S. The first-order chi connectivity index (χ1) is 8.65. The van der Waals surface area contributed by atoms with Crippen LogP contribution >= 0.6 is 22.9 Å². The second kappa shape index (κ2) is 4.39. The molecule has 3 rings (SSSR count). The Hall–Kier alpha value is -1.36. The molecule has 2 aromatic rings. The number of thiophene rings is 1. The predicted octanol–water partition coefficient (Wildman–Crippen LogP) is 2.98. The largest absolute Gasteiger partial charge is 0.384 e. The molecule has 0 saturated heterocycles. The van der Waals surface area contributed by atoms with Crippen molar-refractivity contribution >= 4 is 34.5 Å². The maximum absolute atomic E-state index is 11.3. The van der Waals surface area contributed by atoms with E-state index in [1.165, 1.54) is 11.3 Å². The van der Waals surface area contributed by atoms with Crippen molar-refractivity contribution < 1.29 is 9.90 Å². The summed E-state index contributed by atoms with van der Waals surface area (Å²) in [6, 6.07) is 5.37. The highest BCUT2D eigenvalue weighted by molar-refractivity contribution is 7.08. The maximum atomic E-state index is 11.3. The molecule has 1 amide bonds. The molecule has 2 N–H and O–H groups in total.